The fourth-order valence-corrected chi connectivity index (χ4v) is 3.28. The van der Waals surface area contributed by atoms with E-state index in [9.17, 15) is 10.0 Å². The van der Waals surface area contributed by atoms with Crippen molar-refractivity contribution in [2.75, 3.05) is 19.6 Å². The molecule has 0 atom stereocenters. The molecule has 0 radical (unpaired) electrons. The largest absolute Gasteiger partial charge is 0.634 e. The van der Waals surface area contributed by atoms with E-state index in [4.69, 9.17) is 19.1 Å². The molecule has 0 unspecified atom stereocenters. The molecule has 0 bridgehead atoms. The maximum Gasteiger partial charge on any atom is 0.348 e. The van der Waals surface area contributed by atoms with Gasteiger partial charge in [-0.3, -0.25) is 0 Å². The molecular weight excluding hydrogens is 342 g/mol. The van der Waals surface area contributed by atoms with Gasteiger partial charge in [0.1, 0.15) is 6.10 Å². The first-order valence-corrected chi connectivity index (χ1v) is 8.85. The summed E-state index contributed by atoms with van der Waals surface area (Å²) in [6.45, 7) is -6.34. The number of hydrogen-bond donors (Lipinski definition) is 1. The standard InChI is InChI=1S/C22H27NO4/c1-2-17-26-22(18-9-5-3-6-10-18,19-11-7-4-8-12-19)21(24)27-20-13-15-23(25)16-14-20/h3-12,20,23H,2,13-17H2,1H3/i1D3,2D2,17D2. The van der Waals surface area contributed by atoms with Crippen LogP contribution in [0.1, 0.15) is 46.8 Å². The quantitative estimate of drug-likeness (QED) is 0.596. The summed E-state index contributed by atoms with van der Waals surface area (Å²) in [6.07, 6.45) is -3.49. The highest BCUT2D eigenvalue weighted by atomic mass is 16.6. The molecule has 0 amide bonds. The summed E-state index contributed by atoms with van der Waals surface area (Å²) in [5, 5.41) is 11.7. The molecule has 1 N–H and O–H groups in total. The Morgan fingerprint density at radius 1 is 1.15 bits per heavy atom. The molecule has 144 valence electrons. The molecule has 0 saturated carbocycles. The highest BCUT2D eigenvalue weighted by Crippen LogP contribution is 2.36. The lowest BCUT2D eigenvalue weighted by Gasteiger charge is -2.36. The molecule has 5 heteroatoms. The second-order valence-corrected chi connectivity index (χ2v) is 6.39. The molecule has 5 nitrogen and oxygen atoms in total. The van der Waals surface area contributed by atoms with E-state index in [-0.39, 0.29) is 29.3 Å². The van der Waals surface area contributed by atoms with E-state index in [1.165, 1.54) is 24.3 Å². The SMILES string of the molecule is [2H]C([2H])([2H])C([2H])([2H])C([2H])([2H])OC(C(=O)OC1CC[NH+]([O-])CC1)(c1ccccc1)c1ccccc1. The summed E-state index contributed by atoms with van der Waals surface area (Å²) in [7, 11) is 0. The van der Waals surface area contributed by atoms with Crippen LogP contribution in [0.3, 0.4) is 0 Å². The summed E-state index contributed by atoms with van der Waals surface area (Å²) in [6, 6.07) is 15.7. The van der Waals surface area contributed by atoms with Gasteiger partial charge < -0.3 is 19.7 Å². The van der Waals surface area contributed by atoms with Crippen LogP contribution in [0.25, 0.3) is 0 Å². The highest BCUT2D eigenvalue weighted by Gasteiger charge is 2.46. The van der Waals surface area contributed by atoms with Crippen LogP contribution in [-0.2, 0) is 19.9 Å². The molecule has 0 aliphatic carbocycles. The van der Waals surface area contributed by atoms with Gasteiger partial charge in [0.05, 0.1) is 15.8 Å². The van der Waals surface area contributed by atoms with Gasteiger partial charge in [0.25, 0.3) is 0 Å². The van der Waals surface area contributed by atoms with Gasteiger partial charge >= 0.3 is 5.97 Å². The predicted molar refractivity (Wildman–Crippen MR) is 103 cm³/mol. The molecule has 2 aromatic rings. The lowest BCUT2D eigenvalue weighted by atomic mass is 9.85. The summed E-state index contributed by atoms with van der Waals surface area (Å²) in [5.41, 5.74) is -2.03. The topological polar surface area (TPSA) is 63.0 Å². The van der Waals surface area contributed by atoms with Crippen LogP contribution < -0.4 is 5.06 Å². The number of hydroxylamine groups is 2. The molecule has 1 aliphatic heterocycles. The van der Waals surface area contributed by atoms with Crippen LogP contribution in [0.5, 0.6) is 0 Å². The highest BCUT2D eigenvalue weighted by molar-refractivity contribution is 5.86. The third-order valence-electron chi connectivity index (χ3n) is 4.67. The Morgan fingerprint density at radius 2 is 1.70 bits per heavy atom. The van der Waals surface area contributed by atoms with E-state index in [1.807, 2.05) is 0 Å². The number of carbonyl (C=O) groups is 1. The smallest absolute Gasteiger partial charge is 0.348 e. The molecule has 3 rings (SSSR count). The first-order chi connectivity index (χ1) is 15.8. The van der Waals surface area contributed by atoms with Crippen molar-refractivity contribution in [2.24, 2.45) is 0 Å². The lowest BCUT2D eigenvalue weighted by molar-refractivity contribution is -0.854. The zero-order chi connectivity index (χ0) is 25.2. The van der Waals surface area contributed by atoms with Crippen LogP contribution in [0.2, 0.25) is 0 Å². The first kappa shape index (κ1) is 12.3. The van der Waals surface area contributed by atoms with Crippen molar-refractivity contribution < 1.29 is 28.9 Å². The van der Waals surface area contributed by atoms with E-state index >= 15 is 0 Å². The third-order valence-corrected chi connectivity index (χ3v) is 4.67. The number of ether oxygens (including phenoxy) is 2. The second-order valence-electron chi connectivity index (χ2n) is 6.39. The summed E-state index contributed by atoms with van der Waals surface area (Å²) >= 11 is 0. The summed E-state index contributed by atoms with van der Waals surface area (Å²) in [5.74, 6) is -1.02. The van der Waals surface area contributed by atoms with Crippen LogP contribution in [-0.4, -0.2) is 31.7 Å². The molecule has 2 aromatic carbocycles. The predicted octanol–water partition coefficient (Wildman–Crippen LogP) is 2.45. The van der Waals surface area contributed by atoms with Gasteiger partial charge in [-0.05, 0) is 17.5 Å². The van der Waals surface area contributed by atoms with Gasteiger partial charge in [-0.15, -0.1) is 0 Å². The van der Waals surface area contributed by atoms with Crippen molar-refractivity contribution in [3.63, 3.8) is 0 Å². The monoisotopic (exact) mass is 376 g/mol. The molecule has 27 heavy (non-hydrogen) atoms. The Balaban J connectivity index is 2.16. The van der Waals surface area contributed by atoms with Crippen molar-refractivity contribution in [3.8, 4) is 0 Å². The molecular formula is C22H27NO4. The minimum Gasteiger partial charge on any atom is -0.634 e. The van der Waals surface area contributed by atoms with Gasteiger partial charge in [0, 0.05) is 26.3 Å². The van der Waals surface area contributed by atoms with Crippen molar-refractivity contribution in [3.05, 3.63) is 77.0 Å². The zero-order valence-electron chi connectivity index (χ0n) is 21.8. The fraction of sp³-hybridized carbons (Fsp3) is 0.409. The number of quaternary nitrogens is 1. The lowest BCUT2D eigenvalue weighted by Crippen LogP contribution is -3.08. The van der Waals surface area contributed by atoms with E-state index in [0.717, 1.165) is 0 Å². The normalized spacial score (nSPS) is 25.6. The van der Waals surface area contributed by atoms with Crippen molar-refractivity contribution in [1.29, 1.82) is 0 Å². The van der Waals surface area contributed by atoms with Crippen molar-refractivity contribution in [2.45, 2.75) is 37.8 Å². The third kappa shape index (κ3) is 4.38. The summed E-state index contributed by atoms with van der Waals surface area (Å²) in [4.78, 5) is 13.8. The first-order valence-electron chi connectivity index (χ1n) is 12.4. The van der Waals surface area contributed by atoms with Crippen LogP contribution in [0, 0.1) is 5.21 Å². The number of nitrogens with one attached hydrogen (secondary N) is 1. The molecule has 1 saturated heterocycles. The van der Waals surface area contributed by atoms with Crippen LogP contribution in [0.4, 0.5) is 0 Å². The number of carbonyl (C=O) groups excluding carboxylic acids is 1. The molecule has 0 aromatic heterocycles. The van der Waals surface area contributed by atoms with Crippen LogP contribution >= 0.6 is 0 Å². The molecule has 1 aliphatic rings. The Kier molecular flexibility index (Phi) is 4.15. The minimum absolute atomic E-state index is 0.0585. The average molecular weight is 377 g/mol. The maximum atomic E-state index is 13.8. The van der Waals surface area contributed by atoms with Gasteiger partial charge in [-0.2, -0.15) is 0 Å². The van der Waals surface area contributed by atoms with Gasteiger partial charge in [-0.25, -0.2) is 4.79 Å². The Morgan fingerprint density at radius 3 is 2.22 bits per heavy atom. The van der Waals surface area contributed by atoms with Gasteiger partial charge in [0.2, 0.25) is 5.60 Å². The fourth-order valence-electron chi connectivity index (χ4n) is 3.28. The van der Waals surface area contributed by atoms with Crippen molar-refractivity contribution in [1.82, 2.24) is 0 Å². The molecule has 1 fully saturated rings. The average Bonchev–Trinajstić information content (AvgIpc) is 2.79. The van der Waals surface area contributed by atoms with E-state index in [2.05, 4.69) is 0 Å². The Hall–Kier alpha value is -2.21. The van der Waals surface area contributed by atoms with Crippen molar-refractivity contribution >= 4 is 5.97 Å². The second kappa shape index (κ2) is 9.13. The number of hydrogen-bond acceptors (Lipinski definition) is 4. The number of esters is 1. The summed E-state index contributed by atoms with van der Waals surface area (Å²) < 4.78 is 66.7. The number of piperidine rings is 1. The van der Waals surface area contributed by atoms with Crippen LogP contribution in [0.15, 0.2) is 60.7 Å². The molecule has 0 spiro atoms. The number of benzene rings is 2. The number of rotatable bonds is 7. The van der Waals surface area contributed by atoms with E-state index in [1.54, 1.807) is 36.4 Å². The van der Waals surface area contributed by atoms with E-state index in [0.29, 0.717) is 12.8 Å². The van der Waals surface area contributed by atoms with E-state index < -0.39 is 37.5 Å². The maximum absolute atomic E-state index is 13.8. The molecule has 1 heterocycles. The van der Waals surface area contributed by atoms with Gasteiger partial charge in [-0.1, -0.05) is 67.5 Å². The Labute approximate surface area is 170 Å². The van der Waals surface area contributed by atoms with Gasteiger partial charge in [0.15, 0.2) is 0 Å². The minimum atomic E-state index is -3.47. The zero-order valence-corrected chi connectivity index (χ0v) is 14.8. The Bertz CT molecular complexity index is 923.